The van der Waals surface area contributed by atoms with Gasteiger partial charge < -0.3 is 14.3 Å². The molecule has 1 fully saturated rings. The highest BCUT2D eigenvalue weighted by molar-refractivity contribution is 5.87. The van der Waals surface area contributed by atoms with Gasteiger partial charge in [-0.1, -0.05) is 23.4 Å². The van der Waals surface area contributed by atoms with Crippen LogP contribution >= 0.6 is 0 Å². The Labute approximate surface area is 141 Å². The fraction of sp³-hybridized carbons (Fsp3) is 0.389. The van der Waals surface area contributed by atoms with Crippen LogP contribution < -0.4 is 9.80 Å². The van der Waals surface area contributed by atoms with Crippen LogP contribution in [0.4, 0.5) is 11.5 Å². The van der Waals surface area contributed by atoms with E-state index < -0.39 is 0 Å². The zero-order chi connectivity index (χ0) is 16.5. The summed E-state index contributed by atoms with van der Waals surface area (Å²) in [5, 5.41) is 4.92. The molecule has 2 aromatic heterocycles. The molecule has 6 heteroatoms. The molecule has 4 rings (SSSR count). The van der Waals surface area contributed by atoms with Gasteiger partial charge in [-0.05, 0) is 31.4 Å². The number of fused-ring (bicyclic) bond motifs is 1. The van der Waals surface area contributed by atoms with Gasteiger partial charge in [-0.25, -0.2) is 4.98 Å². The average Bonchev–Trinajstić information content (AvgIpc) is 3.23. The molecule has 6 nitrogen and oxygen atoms in total. The lowest BCUT2D eigenvalue weighted by atomic mass is 10.1. The topological polar surface area (TPSA) is 58.3 Å². The summed E-state index contributed by atoms with van der Waals surface area (Å²) in [5.74, 6) is 1.51. The minimum atomic E-state index is 0.557. The van der Waals surface area contributed by atoms with E-state index >= 15 is 0 Å². The van der Waals surface area contributed by atoms with E-state index in [1.165, 1.54) is 12.1 Å². The Morgan fingerprint density at radius 1 is 1.25 bits per heavy atom. The van der Waals surface area contributed by atoms with Crippen molar-refractivity contribution < 1.29 is 4.52 Å². The predicted octanol–water partition coefficient (Wildman–Crippen LogP) is 2.89. The number of anilines is 2. The first kappa shape index (κ1) is 14.9. The van der Waals surface area contributed by atoms with Gasteiger partial charge in [-0.15, -0.1) is 0 Å². The number of hydrogen-bond acceptors (Lipinski definition) is 6. The summed E-state index contributed by atoms with van der Waals surface area (Å²) in [4.78, 5) is 13.3. The van der Waals surface area contributed by atoms with Crippen molar-refractivity contribution in [3.05, 3.63) is 42.4 Å². The van der Waals surface area contributed by atoms with Crippen LogP contribution in [0.2, 0.25) is 0 Å². The zero-order valence-electron chi connectivity index (χ0n) is 14.0. The summed E-state index contributed by atoms with van der Waals surface area (Å²) in [7, 11) is 2.08. The maximum absolute atomic E-state index is 5.25. The molecule has 124 valence electrons. The molecule has 1 atom stereocenters. The largest absolute Gasteiger partial charge is 0.371 e. The summed E-state index contributed by atoms with van der Waals surface area (Å²) in [5.41, 5.74) is 2.70. The molecule has 1 saturated heterocycles. The van der Waals surface area contributed by atoms with Crippen LogP contribution in [0.3, 0.4) is 0 Å². The molecule has 0 bridgehead atoms. The van der Waals surface area contributed by atoms with Crippen molar-refractivity contribution in [2.45, 2.75) is 13.3 Å². The summed E-state index contributed by atoms with van der Waals surface area (Å²) in [6, 6.07) is 10.6. The van der Waals surface area contributed by atoms with Crippen molar-refractivity contribution in [3.63, 3.8) is 0 Å². The van der Waals surface area contributed by atoms with E-state index in [9.17, 15) is 0 Å². The number of benzene rings is 1. The molecule has 1 aliphatic heterocycles. The fourth-order valence-corrected chi connectivity index (χ4v) is 3.52. The molecule has 0 aliphatic carbocycles. The summed E-state index contributed by atoms with van der Waals surface area (Å²) < 4.78 is 5.25. The third-order valence-corrected chi connectivity index (χ3v) is 4.72. The smallest absolute Gasteiger partial charge is 0.263 e. The van der Waals surface area contributed by atoms with Crippen molar-refractivity contribution in [1.82, 2.24) is 15.1 Å². The van der Waals surface area contributed by atoms with Crippen molar-refractivity contribution in [2.75, 3.05) is 36.5 Å². The lowest BCUT2D eigenvalue weighted by molar-refractivity contribution is 0.442. The Kier molecular flexibility index (Phi) is 3.80. The maximum atomic E-state index is 5.25. The monoisotopic (exact) mass is 323 g/mol. The molecule has 3 heterocycles. The molecular formula is C18H21N5O. The van der Waals surface area contributed by atoms with Crippen LogP contribution in [0.25, 0.3) is 11.1 Å². The first-order valence-electron chi connectivity index (χ1n) is 8.30. The van der Waals surface area contributed by atoms with Crippen molar-refractivity contribution in [2.24, 2.45) is 5.92 Å². The van der Waals surface area contributed by atoms with Gasteiger partial charge in [0.05, 0.1) is 5.69 Å². The Morgan fingerprint density at radius 3 is 2.92 bits per heavy atom. The zero-order valence-corrected chi connectivity index (χ0v) is 14.0. The molecule has 1 aliphatic rings. The number of hydrogen-bond donors (Lipinski definition) is 0. The van der Waals surface area contributed by atoms with E-state index in [2.05, 4.69) is 62.3 Å². The Bertz CT molecular complexity index is 832. The molecule has 1 aromatic carbocycles. The Balaban J connectivity index is 1.48. The standard InChI is InChI=1S/C18H21N5O/c1-13-16-17(19-12-20-18(16)24-21-13)22(2)10-14-8-9-23(11-14)15-6-4-3-5-7-15/h3-7,12,14H,8-11H2,1-2H3. The highest BCUT2D eigenvalue weighted by Crippen LogP contribution is 2.28. The van der Waals surface area contributed by atoms with Crippen LogP contribution in [0.15, 0.2) is 41.2 Å². The second-order valence-corrected chi connectivity index (χ2v) is 6.46. The normalized spacial score (nSPS) is 17.6. The number of aromatic nitrogens is 3. The number of nitrogens with zero attached hydrogens (tertiary/aromatic N) is 5. The van der Waals surface area contributed by atoms with Crippen molar-refractivity contribution >= 4 is 22.6 Å². The minimum Gasteiger partial charge on any atom is -0.371 e. The molecule has 0 N–H and O–H groups in total. The molecule has 3 aromatic rings. The number of para-hydroxylation sites is 1. The Hall–Kier alpha value is -2.63. The van der Waals surface area contributed by atoms with E-state index in [1.807, 2.05) is 6.92 Å². The highest BCUT2D eigenvalue weighted by Gasteiger charge is 2.25. The van der Waals surface area contributed by atoms with Crippen LogP contribution in [-0.4, -0.2) is 41.8 Å². The second-order valence-electron chi connectivity index (χ2n) is 6.46. The summed E-state index contributed by atoms with van der Waals surface area (Å²) in [6.45, 7) is 5.07. The van der Waals surface area contributed by atoms with Crippen LogP contribution in [0.5, 0.6) is 0 Å². The van der Waals surface area contributed by atoms with Gasteiger partial charge in [0.1, 0.15) is 17.5 Å². The molecule has 0 amide bonds. The Morgan fingerprint density at radius 2 is 2.08 bits per heavy atom. The number of rotatable bonds is 4. The maximum Gasteiger partial charge on any atom is 0.263 e. The van der Waals surface area contributed by atoms with Gasteiger partial charge in [-0.3, -0.25) is 0 Å². The molecule has 0 spiro atoms. The predicted molar refractivity (Wildman–Crippen MR) is 94.4 cm³/mol. The van der Waals surface area contributed by atoms with E-state index in [-0.39, 0.29) is 0 Å². The van der Waals surface area contributed by atoms with Crippen LogP contribution in [-0.2, 0) is 0 Å². The van der Waals surface area contributed by atoms with E-state index in [1.54, 1.807) is 6.33 Å². The van der Waals surface area contributed by atoms with Gasteiger partial charge in [0.25, 0.3) is 5.71 Å². The third-order valence-electron chi connectivity index (χ3n) is 4.72. The van der Waals surface area contributed by atoms with Crippen LogP contribution in [0.1, 0.15) is 12.1 Å². The second kappa shape index (κ2) is 6.11. The SMILES string of the molecule is Cc1noc2ncnc(N(C)CC3CCN(c4ccccc4)C3)c12. The fourth-order valence-electron chi connectivity index (χ4n) is 3.52. The minimum absolute atomic E-state index is 0.557. The van der Waals surface area contributed by atoms with Crippen LogP contribution in [0, 0.1) is 12.8 Å². The highest BCUT2D eigenvalue weighted by atomic mass is 16.5. The lowest BCUT2D eigenvalue weighted by Gasteiger charge is -2.23. The first-order chi connectivity index (χ1) is 11.7. The van der Waals surface area contributed by atoms with Gasteiger partial charge in [0, 0.05) is 32.4 Å². The molecule has 0 radical (unpaired) electrons. The molecule has 24 heavy (non-hydrogen) atoms. The van der Waals surface area contributed by atoms with E-state index in [0.29, 0.717) is 11.6 Å². The number of aryl methyl sites for hydroxylation is 1. The summed E-state index contributed by atoms with van der Waals surface area (Å²) in [6.07, 6.45) is 2.74. The van der Waals surface area contributed by atoms with Crippen molar-refractivity contribution in [1.29, 1.82) is 0 Å². The van der Waals surface area contributed by atoms with Crippen molar-refractivity contribution in [3.8, 4) is 0 Å². The molecular weight excluding hydrogens is 302 g/mol. The van der Waals surface area contributed by atoms with E-state index in [4.69, 9.17) is 4.52 Å². The third kappa shape index (κ3) is 2.68. The molecule has 1 unspecified atom stereocenters. The van der Waals surface area contributed by atoms with Gasteiger partial charge in [0.15, 0.2) is 0 Å². The van der Waals surface area contributed by atoms with Gasteiger partial charge in [-0.2, -0.15) is 4.98 Å². The van der Waals surface area contributed by atoms with Gasteiger partial charge >= 0.3 is 0 Å². The quantitative estimate of drug-likeness (QED) is 0.736. The molecule has 0 saturated carbocycles. The van der Waals surface area contributed by atoms with Gasteiger partial charge in [0.2, 0.25) is 0 Å². The average molecular weight is 323 g/mol. The van der Waals surface area contributed by atoms with E-state index in [0.717, 1.165) is 36.5 Å². The summed E-state index contributed by atoms with van der Waals surface area (Å²) >= 11 is 0. The first-order valence-corrected chi connectivity index (χ1v) is 8.30. The lowest BCUT2D eigenvalue weighted by Crippen LogP contribution is -2.29.